The standard InChI is InChI=1S/C22H24N4O2S/c1-18-7-5-6-10-20(18)21-15-22(24-17-23-21)25-11-13-26(14-12-25)29(27,28)16-19-8-3-2-4-9-19/h2-10,15,17H,11-14,16H2,1H3. The predicted molar refractivity (Wildman–Crippen MR) is 115 cm³/mol. The highest BCUT2D eigenvalue weighted by Crippen LogP contribution is 2.24. The highest BCUT2D eigenvalue weighted by atomic mass is 32.2. The van der Waals surface area contributed by atoms with Crippen LogP contribution in [0.5, 0.6) is 0 Å². The molecule has 1 aliphatic heterocycles. The Morgan fingerprint density at radius 1 is 0.897 bits per heavy atom. The number of aromatic nitrogens is 2. The number of piperazine rings is 1. The van der Waals surface area contributed by atoms with E-state index < -0.39 is 10.0 Å². The lowest BCUT2D eigenvalue weighted by Crippen LogP contribution is -2.49. The van der Waals surface area contributed by atoms with Crippen molar-refractivity contribution in [3.8, 4) is 11.3 Å². The quantitative estimate of drug-likeness (QED) is 0.649. The predicted octanol–water partition coefficient (Wildman–Crippen LogP) is 3.10. The Balaban J connectivity index is 1.45. The summed E-state index contributed by atoms with van der Waals surface area (Å²) in [6.45, 7) is 4.20. The van der Waals surface area contributed by atoms with Crippen LogP contribution in [0, 0.1) is 6.92 Å². The molecule has 0 saturated carbocycles. The summed E-state index contributed by atoms with van der Waals surface area (Å²) in [5, 5.41) is 0. The third-order valence-corrected chi connectivity index (χ3v) is 7.07. The van der Waals surface area contributed by atoms with Crippen molar-refractivity contribution in [2.75, 3.05) is 31.1 Å². The van der Waals surface area contributed by atoms with Crippen LogP contribution in [0.25, 0.3) is 11.3 Å². The van der Waals surface area contributed by atoms with Crippen molar-refractivity contribution in [3.05, 3.63) is 78.1 Å². The zero-order valence-corrected chi connectivity index (χ0v) is 17.2. The van der Waals surface area contributed by atoms with E-state index in [1.807, 2.05) is 48.5 Å². The molecule has 0 unspecified atom stereocenters. The van der Waals surface area contributed by atoms with Gasteiger partial charge in [-0.3, -0.25) is 0 Å². The maximum Gasteiger partial charge on any atom is 0.218 e. The summed E-state index contributed by atoms with van der Waals surface area (Å²) in [5.41, 5.74) is 3.94. The van der Waals surface area contributed by atoms with E-state index in [1.54, 1.807) is 10.6 Å². The van der Waals surface area contributed by atoms with Gasteiger partial charge in [0.15, 0.2) is 0 Å². The van der Waals surface area contributed by atoms with Crippen LogP contribution >= 0.6 is 0 Å². The highest BCUT2D eigenvalue weighted by Gasteiger charge is 2.27. The lowest BCUT2D eigenvalue weighted by Gasteiger charge is -2.34. The van der Waals surface area contributed by atoms with Crippen molar-refractivity contribution in [1.29, 1.82) is 0 Å². The van der Waals surface area contributed by atoms with Crippen molar-refractivity contribution in [2.24, 2.45) is 0 Å². The number of benzene rings is 2. The molecule has 29 heavy (non-hydrogen) atoms. The molecule has 1 saturated heterocycles. The molecule has 4 rings (SSSR count). The molecule has 0 amide bonds. The molecule has 2 aromatic carbocycles. The average Bonchev–Trinajstić information content (AvgIpc) is 2.75. The molecule has 0 atom stereocenters. The van der Waals surface area contributed by atoms with Crippen LogP contribution in [0.2, 0.25) is 0 Å². The monoisotopic (exact) mass is 408 g/mol. The molecule has 150 valence electrons. The normalized spacial score (nSPS) is 15.4. The number of rotatable bonds is 5. The molecule has 0 aliphatic carbocycles. The first-order valence-electron chi connectivity index (χ1n) is 9.68. The first-order valence-corrected chi connectivity index (χ1v) is 11.3. The Morgan fingerprint density at radius 2 is 1.59 bits per heavy atom. The van der Waals surface area contributed by atoms with Crippen molar-refractivity contribution >= 4 is 15.8 Å². The number of aryl methyl sites for hydroxylation is 1. The second-order valence-corrected chi connectivity index (χ2v) is 9.17. The highest BCUT2D eigenvalue weighted by molar-refractivity contribution is 7.88. The number of sulfonamides is 1. The van der Waals surface area contributed by atoms with Gasteiger partial charge in [0, 0.05) is 37.8 Å². The molecule has 0 bridgehead atoms. The van der Waals surface area contributed by atoms with Gasteiger partial charge in [-0.25, -0.2) is 18.4 Å². The maximum atomic E-state index is 12.8. The topological polar surface area (TPSA) is 66.4 Å². The molecular weight excluding hydrogens is 384 g/mol. The number of hydrogen-bond donors (Lipinski definition) is 0. The van der Waals surface area contributed by atoms with Crippen molar-refractivity contribution in [2.45, 2.75) is 12.7 Å². The van der Waals surface area contributed by atoms with Gasteiger partial charge in [-0.15, -0.1) is 0 Å². The summed E-state index contributed by atoms with van der Waals surface area (Å²) in [7, 11) is -3.32. The van der Waals surface area contributed by atoms with E-state index in [1.165, 1.54) is 0 Å². The van der Waals surface area contributed by atoms with E-state index in [2.05, 4.69) is 33.9 Å². The van der Waals surface area contributed by atoms with E-state index in [4.69, 9.17) is 0 Å². The Morgan fingerprint density at radius 3 is 2.31 bits per heavy atom. The fourth-order valence-corrected chi connectivity index (χ4v) is 5.11. The summed E-state index contributed by atoms with van der Waals surface area (Å²) in [4.78, 5) is 11.0. The summed E-state index contributed by atoms with van der Waals surface area (Å²) in [5.74, 6) is 0.872. The molecule has 0 radical (unpaired) electrons. The zero-order chi connectivity index (χ0) is 20.3. The molecule has 7 heteroatoms. The van der Waals surface area contributed by atoms with Gasteiger partial charge in [0.25, 0.3) is 0 Å². The van der Waals surface area contributed by atoms with Crippen LogP contribution in [0.3, 0.4) is 0 Å². The van der Waals surface area contributed by atoms with Crippen LogP contribution in [-0.2, 0) is 15.8 Å². The summed E-state index contributed by atoms with van der Waals surface area (Å²) in [6, 6.07) is 19.4. The van der Waals surface area contributed by atoms with E-state index in [0.29, 0.717) is 26.2 Å². The number of hydrogen-bond acceptors (Lipinski definition) is 5. The van der Waals surface area contributed by atoms with Gasteiger partial charge in [0.2, 0.25) is 10.0 Å². The number of nitrogens with zero attached hydrogens (tertiary/aromatic N) is 4. The lowest BCUT2D eigenvalue weighted by atomic mass is 10.1. The van der Waals surface area contributed by atoms with Crippen molar-refractivity contribution < 1.29 is 8.42 Å². The van der Waals surface area contributed by atoms with E-state index in [-0.39, 0.29) is 5.75 Å². The van der Waals surface area contributed by atoms with Crippen molar-refractivity contribution in [1.82, 2.24) is 14.3 Å². The molecule has 6 nitrogen and oxygen atoms in total. The van der Waals surface area contributed by atoms with Gasteiger partial charge in [-0.1, -0.05) is 54.6 Å². The van der Waals surface area contributed by atoms with Crippen molar-refractivity contribution in [3.63, 3.8) is 0 Å². The molecule has 1 aliphatic rings. The molecule has 1 fully saturated rings. The summed E-state index contributed by atoms with van der Waals surface area (Å²) < 4.78 is 27.1. The smallest absolute Gasteiger partial charge is 0.218 e. The molecule has 0 spiro atoms. The maximum absolute atomic E-state index is 12.8. The minimum atomic E-state index is -3.32. The fraction of sp³-hybridized carbons (Fsp3) is 0.273. The van der Waals surface area contributed by atoms with E-state index in [0.717, 1.165) is 28.2 Å². The van der Waals surface area contributed by atoms with Gasteiger partial charge in [-0.05, 0) is 18.1 Å². The van der Waals surface area contributed by atoms with Crippen LogP contribution in [-0.4, -0.2) is 48.9 Å². The van der Waals surface area contributed by atoms with Crippen LogP contribution in [0.4, 0.5) is 5.82 Å². The minimum absolute atomic E-state index is 0.0405. The van der Waals surface area contributed by atoms with Gasteiger partial charge < -0.3 is 4.90 Å². The van der Waals surface area contributed by atoms with Gasteiger partial charge in [0.1, 0.15) is 12.1 Å². The SMILES string of the molecule is Cc1ccccc1-c1cc(N2CCN(S(=O)(=O)Cc3ccccc3)CC2)ncn1. The molecule has 1 aromatic heterocycles. The zero-order valence-electron chi connectivity index (χ0n) is 16.4. The number of anilines is 1. The molecule has 3 aromatic rings. The first kappa shape index (κ1) is 19.5. The third-order valence-electron chi connectivity index (χ3n) is 5.22. The second-order valence-electron chi connectivity index (χ2n) is 7.20. The molecular formula is C22H24N4O2S. The Bertz CT molecular complexity index is 1080. The van der Waals surface area contributed by atoms with Crippen LogP contribution in [0.1, 0.15) is 11.1 Å². The first-order chi connectivity index (χ1) is 14.0. The Hall–Kier alpha value is -2.77. The van der Waals surface area contributed by atoms with Crippen LogP contribution in [0.15, 0.2) is 67.0 Å². The Labute approximate surface area is 171 Å². The second kappa shape index (κ2) is 8.31. The summed E-state index contributed by atoms with van der Waals surface area (Å²) >= 11 is 0. The summed E-state index contributed by atoms with van der Waals surface area (Å²) in [6.07, 6.45) is 1.58. The fourth-order valence-electron chi connectivity index (χ4n) is 3.60. The van der Waals surface area contributed by atoms with E-state index in [9.17, 15) is 8.42 Å². The van der Waals surface area contributed by atoms with Gasteiger partial charge >= 0.3 is 0 Å². The third kappa shape index (κ3) is 4.46. The Kier molecular flexibility index (Phi) is 5.60. The minimum Gasteiger partial charge on any atom is -0.354 e. The van der Waals surface area contributed by atoms with Gasteiger partial charge in [0.05, 0.1) is 11.4 Å². The van der Waals surface area contributed by atoms with Gasteiger partial charge in [-0.2, -0.15) is 4.31 Å². The average molecular weight is 409 g/mol. The van der Waals surface area contributed by atoms with E-state index >= 15 is 0 Å². The van der Waals surface area contributed by atoms with Crippen LogP contribution < -0.4 is 4.90 Å². The largest absolute Gasteiger partial charge is 0.354 e. The molecule has 0 N–H and O–H groups in total. The molecule has 2 heterocycles. The lowest BCUT2D eigenvalue weighted by molar-refractivity contribution is 0.383.